The summed E-state index contributed by atoms with van der Waals surface area (Å²) >= 11 is 0. The second-order valence-electron chi connectivity index (χ2n) is 4.64. The number of nitrogens with zero attached hydrogens (tertiary/aromatic N) is 2. The molecular formula is C16H18N2O3. The molecule has 0 aliphatic carbocycles. The van der Waals surface area contributed by atoms with Crippen molar-refractivity contribution in [1.29, 1.82) is 0 Å². The third kappa shape index (κ3) is 2.86. The van der Waals surface area contributed by atoms with Crippen LogP contribution in [0.25, 0.3) is 0 Å². The lowest BCUT2D eigenvalue weighted by atomic mass is 10.3. The SMILES string of the molecule is CCN(CC)c1ccc(C=Nc2ccc3c(c2)OCO3)o1. The van der Waals surface area contributed by atoms with Gasteiger partial charge in [-0.1, -0.05) is 0 Å². The van der Waals surface area contributed by atoms with Crippen molar-refractivity contribution in [2.75, 3.05) is 24.8 Å². The molecular weight excluding hydrogens is 268 g/mol. The molecule has 1 aromatic heterocycles. The minimum Gasteiger partial charge on any atom is -0.454 e. The Morgan fingerprint density at radius 1 is 1.10 bits per heavy atom. The third-order valence-electron chi connectivity index (χ3n) is 3.38. The molecule has 0 spiro atoms. The Balaban J connectivity index is 1.74. The number of furan rings is 1. The topological polar surface area (TPSA) is 47.2 Å². The first-order valence-corrected chi connectivity index (χ1v) is 7.08. The number of hydrogen-bond acceptors (Lipinski definition) is 5. The fraction of sp³-hybridized carbons (Fsp3) is 0.312. The summed E-state index contributed by atoms with van der Waals surface area (Å²) in [6, 6.07) is 9.49. The van der Waals surface area contributed by atoms with E-state index in [4.69, 9.17) is 13.9 Å². The Kier molecular flexibility index (Phi) is 3.81. The maximum absolute atomic E-state index is 5.76. The molecule has 2 heterocycles. The zero-order valence-corrected chi connectivity index (χ0v) is 12.2. The van der Waals surface area contributed by atoms with E-state index in [1.165, 1.54) is 0 Å². The number of rotatable bonds is 5. The lowest BCUT2D eigenvalue weighted by Crippen LogP contribution is -2.20. The van der Waals surface area contributed by atoms with Gasteiger partial charge in [-0.3, -0.25) is 4.99 Å². The average molecular weight is 286 g/mol. The Hall–Kier alpha value is -2.43. The Morgan fingerprint density at radius 3 is 2.71 bits per heavy atom. The highest BCUT2D eigenvalue weighted by atomic mass is 16.7. The lowest BCUT2D eigenvalue weighted by molar-refractivity contribution is 0.174. The van der Waals surface area contributed by atoms with Crippen LogP contribution in [-0.2, 0) is 0 Å². The first kappa shape index (κ1) is 13.5. The number of benzene rings is 1. The van der Waals surface area contributed by atoms with Gasteiger partial charge in [0.05, 0.1) is 11.9 Å². The summed E-state index contributed by atoms with van der Waals surface area (Å²) in [7, 11) is 0. The predicted octanol–water partition coefficient (Wildman–Crippen LogP) is 3.61. The molecule has 0 fully saturated rings. The van der Waals surface area contributed by atoms with Crippen LogP contribution in [0.5, 0.6) is 11.5 Å². The molecule has 0 unspecified atom stereocenters. The lowest BCUT2D eigenvalue weighted by Gasteiger charge is -2.16. The van der Waals surface area contributed by atoms with E-state index < -0.39 is 0 Å². The van der Waals surface area contributed by atoms with E-state index >= 15 is 0 Å². The van der Waals surface area contributed by atoms with Crippen LogP contribution < -0.4 is 14.4 Å². The van der Waals surface area contributed by atoms with E-state index in [1.54, 1.807) is 6.21 Å². The van der Waals surface area contributed by atoms with Gasteiger partial charge in [-0.2, -0.15) is 0 Å². The average Bonchev–Trinajstić information content (AvgIpc) is 3.15. The molecule has 2 aromatic rings. The van der Waals surface area contributed by atoms with Crippen LogP contribution >= 0.6 is 0 Å². The molecule has 110 valence electrons. The standard InChI is InChI=1S/C16H18N2O3/c1-3-18(4-2)16-8-6-13(21-16)10-17-12-5-7-14-15(9-12)20-11-19-14/h5-10H,3-4,11H2,1-2H3. The normalized spacial score (nSPS) is 13.0. The van der Waals surface area contributed by atoms with Gasteiger partial charge in [-0.05, 0) is 32.0 Å². The minimum atomic E-state index is 0.272. The molecule has 3 rings (SSSR count). The first-order valence-electron chi connectivity index (χ1n) is 7.08. The summed E-state index contributed by atoms with van der Waals surface area (Å²) in [5.41, 5.74) is 0.806. The van der Waals surface area contributed by atoms with Crippen LogP contribution in [0.15, 0.2) is 39.7 Å². The molecule has 5 heteroatoms. The van der Waals surface area contributed by atoms with E-state index in [0.29, 0.717) is 0 Å². The van der Waals surface area contributed by atoms with Crippen LogP contribution in [0.4, 0.5) is 11.6 Å². The molecule has 5 nitrogen and oxygen atoms in total. The fourth-order valence-corrected chi connectivity index (χ4v) is 2.22. The van der Waals surface area contributed by atoms with Crippen molar-refractivity contribution in [3.63, 3.8) is 0 Å². The molecule has 0 radical (unpaired) electrons. The molecule has 1 aromatic carbocycles. The van der Waals surface area contributed by atoms with Crippen molar-refractivity contribution in [3.8, 4) is 11.5 Å². The van der Waals surface area contributed by atoms with Gasteiger partial charge in [-0.25, -0.2) is 0 Å². The summed E-state index contributed by atoms with van der Waals surface area (Å²) in [5, 5.41) is 0. The Labute approximate surface area is 123 Å². The van der Waals surface area contributed by atoms with E-state index in [9.17, 15) is 0 Å². The van der Waals surface area contributed by atoms with Crippen molar-refractivity contribution in [1.82, 2.24) is 0 Å². The van der Waals surface area contributed by atoms with E-state index in [-0.39, 0.29) is 6.79 Å². The maximum atomic E-state index is 5.76. The van der Waals surface area contributed by atoms with Gasteiger partial charge in [0.2, 0.25) is 6.79 Å². The molecule has 0 N–H and O–H groups in total. The van der Waals surface area contributed by atoms with Gasteiger partial charge in [0, 0.05) is 25.2 Å². The Bertz CT molecular complexity index is 645. The molecule has 1 aliphatic heterocycles. The van der Waals surface area contributed by atoms with Crippen molar-refractivity contribution in [2.45, 2.75) is 13.8 Å². The van der Waals surface area contributed by atoms with Crippen LogP contribution in [0.1, 0.15) is 19.6 Å². The smallest absolute Gasteiger partial charge is 0.231 e. The van der Waals surface area contributed by atoms with Crippen LogP contribution in [0.3, 0.4) is 0 Å². The number of fused-ring (bicyclic) bond motifs is 1. The van der Waals surface area contributed by atoms with E-state index in [1.807, 2.05) is 30.3 Å². The van der Waals surface area contributed by atoms with Crippen molar-refractivity contribution < 1.29 is 13.9 Å². The Morgan fingerprint density at radius 2 is 1.90 bits per heavy atom. The van der Waals surface area contributed by atoms with Gasteiger partial charge >= 0.3 is 0 Å². The molecule has 0 amide bonds. The van der Waals surface area contributed by atoms with Crippen molar-refractivity contribution >= 4 is 17.8 Å². The molecule has 0 bridgehead atoms. The van der Waals surface area contributed by atoms with Gasteiger partial charge < -0.3 is 18.8 Å². The molecule has 0 saturated heterocycles. The molecule has 1 aliphatic rings. The second-order valence-corrected chi connectivity index (χ2v) is 4.64. The van der Waals surface area contributed by atoms with Crippen LogP contribution in [0.2, 0.25) is 0 Å². The summed E-state index contributed by atoms with van der Waals surface area (Å²) in [6.45, 7) is 6.32. The summed E-state index contributed by atoms with van der Waals surface area (Å²) < 4.78 is 16.4. The molecule has 0 atom stereocenters. The summed E-state index contributed by atoms with van der Waals surface area (Å²) in [5.74, 6) is 3.09. The predicted molar refractivity (Wildman–Crippen MR) is 82.1 cm³/mol. The van der Waals surface area contributed by atoms with Gasteiger partial charge in [-0.15, -0.1) is 0 Å². The molecule has 21 heavy (non-hydrogen) atoms. The quantitative estimate of drug-likeness (QED) is 0.788. The zero-order chi connectivity index (χ0) is 14.7. The van der Waals surface area contributed by atoms with E-state index in [0.717, 1.165) is 41.9 Å². The maximum Gasteiger partial charge on any atom is 0.231 e. The largest absolute Gasteiger partial charge is 0.454 e. The van der Waals surface area contributed by atoms with Crippen LogP contribution in [-0.4, -0.2) is 26.1 Å². The summed E-state index contributed by atoms with van der Waals surface area (Å²) in [4.78, 5) is 6.56. The van der Waals surface area contributed by atoms with Crippen molar-refractivity contribution in [3.05, 3.63) is 36.1 Å². The highest BCUT2D eigenvalue weighted by Crippen LogP contribution is 2.35. The number of hydrogen-bond donors (Lipinski definition) is 0. The summed E-state index contributed by atoms with van der Waals surface area (Å²) in [6.07, 6.45) is 1.71. The highest BCUT2D eigenvalue weighted by Gasteiger charge is 2.12. The number of anilines is 1. The van der Waals surface area contributed by atoms with Gasteiger partial charge in [0.1, 0.15) is 5.76 Å². The number of aliphatic imine (C=N–C) groups is 1. The zero-order valence-electron chi connectivity index (χ0n) is 12.2. The third-order valence-corrected chi connectivity index (χ3v) is 3.38. The molecule has 0 saturated carbocycles. The highest BCUT2D eigenvalue weighted by molar-refractivity contribution is 5.79. The number of ether oxygens (including phenoxy) is 2. The fourth-order valence-electron chi connectivity index (χ4n) is 2.22. The second kappa shape index (κ2) is 5.91. The monoisotopic (exact) mass is 286 g/mol. The van der Waals surface area contributed by atoms with Crippen LogP contribution in [0, 0.1) is 0 Å². The van der Waals surface area contributed by atoms with Gasteiger partial charge in [0.15, 0.2) is 17.4 Å². The van der Waals surface area contributed by atoms with Gasteiger partial charge in [0.25, 0.3) is 0 Å². The van der Waals surface area contributed by atoms with Crippen molar-refractivity contribution in [2.24, 2.45) is 4.99 Å². The minimum absolute atomic E-state index is 0.272. The first-order chi connectivity index (χ1) is 10.3. The van der Waals surface area contributed by atoms with E-state index in [2.05, 4.69) is 23.7 Å².